The van der Waals surface area contributed by atoms with Crippen LogP contribution in [0.2, 0.25) is 0 Å². The van der Waals surface area contributed by atoms with Gasteiger partial charge in [0.2, 0.25) is 5.91 Å². The van der Waals surface area contributed by atoms with Crippen molar-refractivity contribution in [2.24, 2.45) is 0 Å². The van der Waals surface area contributed by atoms with Crippen LogP contribution in [-0.4, -0.2) is 41.6 Å². The number of nitrogens with one attached hydrogen (secondary N) is 3. The lowest BCUT2D eigenvalue weighted by Gasteiger charge is -2.38. The summed E-state index contributed by atoms with van der Waals surface area (Å²) < 4.78 is 0. The summed E-state index contributed by atoms with van der Waals surface area (Å²) in [5.41, 5.74) is 1.48. The van der Waals surface area contributed by atoms with Gasteiger partial charge in [0.15, 0.2) is 0 Å². The Morgan fingerprint density at radius 1 is 1.10 bits per heavy atom. The molecule has 1 aromatic carbocycles. The molecule has 158 valence electrons. The number of amides is 3. The summed E-state index contributed by atoms with van der Waals surface area (Å²) >= 11 is 1.94. The summed E-state index contributed by atoms with van der Waals surface area (Å²) in [6.45, 7) is 0.760. The Morgan fingerprint density at radius 2 is 1.90 bits per heavy atom. The van der Waals surface area contributed by atoms with E-state index in [4.69, 9.17) is 0 Å². The molecule has 0 spiro atoms. The molecule has 3 unspecified atom stereocenters. The maximum atomic E-state index is 12.5. The van der Waals surface area contributed by atoms with E-state index in [2.05, 4.69) is 46.3 Å². The number of carbonyl (C=O) groups excluding carboxylic acids is 2. The van der Waals surface area contributed by atoms with E-state index in [0.717, 1.165) is 31.6 Å². The number of thioether (sulfide) groups is 1. The lowest BCUT2D eigenvalue weighted by Crippen LogP contribution is -2.42. The van der Waals surface area contributed by atoms with Crippen molar-refractivity contribution in [1.82, 2.24) is 16.0 Å². The number of fused-ring (bicyclic) bond motifs is 1. The van der Waals surface area contributed by atoms with Crippen LogP contribution in [0.1, 0.15) is 63.4 Å². The molecule has 2 heterocycles. The third-order valence-electron chi connectivity index (χ3n) is 6.90. The summed E-state index contributed by atoms with van der Waals surface area (Å²) in [6, 6.07) is 11.3. The molecular weight excluding hydrogens is 382 g/mol. The second kappa shape index (κ2) is 9.41. The smallest absolute Gasteiger partial charge is 0.315 e. The molecule has 1 saturated carbocycles. The van der Waals surface area contributed by atoms with Crippen LogP contribution in [0.3, 0.4) is 0 Å². The average molecular weight is 416 g/mol. The maximum absolute atomic E-state index is 12.5. The molecule has 3 aliphatic rings. The van der Waals surface area contributed by atoms with Crippen molar-refractivity contribution >= 4 is 23.7 Å². The molecule has 3 N–H and O–H groups in total. The van der Waals surface area contributed by atoms with Crippen LogP contribution < -0.4 is 16.0 Å². The van der Waals surface area contributed by atoms with Gasteiger partial charge in [-0.2, -0.15) is 11.8 Å². The number of hydrogen-bond acceptors (Lipinski definition) is 3. The normalized spacial score (nSPS) is 27.7. The van der Waals surface area contributed by atoms with Crippen molar-refractivity contribution in [2.45, 2.75) is 80.5 Å². The van der Waals surface area contributed by atoms with E-state index in [9.17, 15) is 9.59 Å². The van der Waals surface area contributed by atoms with Gasteiger partial charge in [0.1, 0.15) is 0 Å². The first-order valence-corrected chi connectivity index (χ1v) is 12.2. The van der Waals surface area contributed by atoms with E-state index in [-0.39, 0.29) is 29.4 Å². The van der Waals surface area contributed by atoms with Crippen LogP contribution in [0.25, 0.3) is 0 Å². The summed E-state index contributed by atoms with van der Waals surface area (Å²) in [6.07, 6.45) is 9.75. The Bertz CT molecular complexity index is 705. The van der Waals surface area contributed by atoms with E-state index in [1.807, 2.05) is 11.8 Å². The van der Waals surface area contributed by atoms with Crippen LogP contribution in [0, 0.1) is 0 Å². The van der Waals surface area contributed by atoms with Crippen LogP contribution in [0.4, 0.5) is 4.79 Å². The Labute approximate surface area is 178 Å². The molecule has 1 aliphatic carbocycles. The lowest BCUT2D eigenvalue weighted by molar-refractivity contribution is -0.121. The third-order valence-corrected chi connectivity index (χ3v) is 8.41. The highest BCUT2D eigenvalue weighted by Crippen LogP contribution is 2.39. The van der Waals surface area contributed by atoms with Gasteiger partial charge in [-0.3, -0.25) is 4.79 Å². The Kier molecular flexibility index (Phi) is 6.68. The molecule has 3 amide bonds. The molecule has 0 bridgehead atoms. The number of hydrogen-bond donors (Lipinski definition) is 3. The highest BCUT2D eigenvalue weighted by molar-refractivity contribution is 8.00. The molecule has 0 radical (unpaired) electrons. The van der Waals surface area contributed by atoms with E-state index in [1.165, 1.54) is 37.7 Å². The molecule has 2 aliphatic heterocycles. The van der Waals surface area contributed by atoms with Gasteiger partial charge >= 0.3 is 6.03 Å². The quantitative estimate of drug-likeness (QED) is 0.448. The highest BCUT2D eigenvalue weighted by atomic mass is 32.2. The largest absolute Gasteiger partial charge is 0.355 e. The van der Waals surface area contributed by atoms with Gasteiger partial charge < -0.3 is 16.0 Å². The van der Waals surface area contributed by atoms with Gasteiger partial charge in [-0.25, -0.2) is 4.79 Å². The van der Waals surface area contributed by atoms with Gasteiger partial charge in [-0.05, 0) is 31.2 Å². The number of urea groups is 1. The average Bonchev–Trinajstić information content (AvgIpc) is 3.30. The summed E-state index contributed by atoms with van der Waals surface area (Å²) in [5, 5.41) is 9.76. The summed E-state index contributed by atoms with van der Waals surface area (Å²) in [4.78, 5) is 24.0. The van der Waals surface area contributed by atoms with Crippen molar-refractivity contribution in [3.8, 4) is 0 Å². The Morgan fingerprint density at radius 3 is 2.69 bits per heavy atom. The minimum atomic E-state index is -0.0280. The topological polar surface area (TPSA) is 70.2 Å². The zero-order valence-electron chi connectivity index (χ0n) is 17.1. The maximum Gasteiger partial charge on any atom is 0.315 e. The summed E-state index contributed by atoms with van der Waals surface area (Å²) in [7, 11) is 0. The van der Waals surface area contributed by atoms with Crippen LogP contribution >= 0.6 is 11.8 Å². The lowest BCUT2D eigenvalue weighted by atomic mass is 9.69. The molecule has 6 heteroatoms. The van der Waals surface area contributed by atoms with Gasteiger partial charge in [-0.15, -0.1) is 0 Å². The first kappa shape index (κ1) is 20.6. The fourth-order valence-corrected chi connectivity index (χ4v) is 6.76. The molecule has 3 fully saturated rings. The molecule has 2 saturated heterocycles. The van der Waals surface area contributed by atoms with Gasteiger partial charge in [0.25, 0.3) is 0 Å². The van der Waals surface area contributed by atoms with Gasteiger partial charge in [0.05, 0.1) is 12.1 Å². The predicted octanol–water partition coefficient (Wildman–Crippen LogP) is 3.73. The van der Waals surface area contributed by atoms with Gasteiger partial charge in [-0.1, -0.05) is 56.0 Å². The molecular formula is C23H33N3O2S. The van der Waals surface area contributed by atoms with E-state index in [0.29, 0.717) is 11.7 Å². The van der Waals surface area contributed by atoms with Crippen LogP contribution in [-0.2, 0) is 10.2 Å². The van der Waals surface area contributed by atoms with Crippen molar-refractivity contribution in [3.63, 3.8) is 0 Å². The zero-order chi connectivity index (χ0) is 20.1. The Balaban J connectivity index is 1.20. The first-order valence-electron chi connectivity index (χ1n) is 11.2. The zero-order valence-corrected chi connectivity index (χ0v) is 17.9. The monoisotopic (exact) mass is 415 g/mol. The first-order chi connectivity index (χ1) is 14.2. The number of benzene rings is 1. The SMILES string of the molecule is O=C(CCCCC1SCC2NC(=O)NC21)NCC1(c2ccccc2)CCCCC1. The molecule has 29 heavy (non-hydrogen) atoms. The summed E-state index contributed by atoms with van der Waals surface area (Å²) in [5.74, 6) is 1.18. The van der Waals surface area contributed by atoms with Crippen molar-refractivity contribution in [2.75, 3.05) is 12.3 Å². The van der Waals surface area contributed by atoms with Crippen molar-refractivity contribution in [3.05, 3.63) is 35.9 Å². The predicted molar refractivity (Wildman–Crippen MR) is 118 cm³/mol. The molecule has 5 nitrogen and oxygen atoms in total. The number of unbranched alkanes of at least 4 members (excludes halogenated alkanes) is 1. The standard InChI is InChI=1S/C23H33N3O2S/c27-20(12-6-5-11-19-21-18(15-29-19)25-22(28)26-21)24-16-23(13-7-2-8-14-23)17-9-3-1-4-10-17/h1,3-4,9-10,18-19,21H,2,5-8,11-16H2,(H,24,27)(H2,25,26,28). The molecule has 3 atom stereocenters. The fourth-order valence-electron chi connectivity index (χ4n) is 5.22. The van der Waals surface area contributed by atoms with E-state index in [1.54, 1.807) is 0 Å². The molecule has 4 rings (SSSR count). The molecule has 0 aromatic heterocycles. The van der Waals surface area contributed by atoms with Gasteiger partial charge in [0, 0.05) is 29.4 Å². The van der Waals surface area contributed by atoms with E-state index >= 15 is 0 Å². The second-order valence-corrected chi connectivity index (χ2v) is 10.1. The minimum Gasteiger partial charge on any atom is -0.355 e. The third kappa shape index (κ3) is 4.90. The highest BCUT2D eigenvalue weighted by Gasteiger charge is 2.42. The second-order valence-electron chi connectivity index (χ2n) is 8.85. The van der Waals surface area contributed by atoms with Crippen molar-refractivity contribution < 1.29 is 9.59 Å². The number of rotatable bonds is 8. The van der Waals surface area contributed by atoms with Crippen molar-refractivity contribution in [1.29, 1.82) is 0 Å². The minimum absolute atomic E-state index is 0.0280. The van der Waals surface area contributed by atoms with Crippen LogP contribution in [0.5, 0.6) is 0 Å². The van der Waals surface area contributed by atoms with E-state index < -0.39 is 0 Å². The number of carbonyl (C=O) groups is 2. The van der Waals surface area contributed by atoms with Crippen LogP contribution in [0.15, 0.2) is 30.3 Å². The molecule has 1 aromatic rings. The fraction of sp³-hybridized carbons (Fsp3) is 0.652. The Hall–Kier alpha value is -1.69.